The van der Waals surface area contributed by atoms with Gasteiger partial charge in [-0.1, -0.05) is 61.8 Å². The van der Waals surface area contributed by atoms with Crippen molar-refractivity contribution in [1.82, 2.24) is 9.21 Å². The number of carbonyl (C=O) groups is 1. The summed E-state index contributed by atoms with van der Waals surface area (Å²) in [5.74, 6) is -0.0799. The van der Waals surface area contributed by atoms with Crippen LogP contribution in [0.4, 0.5) is 5.69 Å². The second-order valence-electron chi connectivity index (χ2n) is 7.77. The number of anilines is 1. The smallest absolute Gasteiger partial charge is 0.256 e. The van der Waals surface area contributed by atoms with Crippen molar-refractivity contribution in [2.75, 3.05) is 18.4 Å². The Hall–Kier alpha value is -2.87. The van der Waals surface area contributed by atoms with Crippen LogP contribution in [0.5, 0.6) is 0 Å². The minimum absolute atomic E-state index is 0.0799. The largest absolute Gasteiger partial charge is 0.361 e. The van der Waals surface area contributed by atoms with Gasteiger partial charge in [-0.3, -0.25) is 4.79 Å². The second kappa shape index (κ2) is 9.55. The summed E-state index contributed by atoms with van der Waals surface area (Å²) >= 11 is 6.36. The van der Waals surface area contributed by atoms with Crippen molar-refractivity contribution in [3.63, 3.8) is 0 Å². The summed E-state index contributed by atoms with van der Waals surface area (Å²) in [6.07, 6.45) is -0.407. The van der Waals surface area contributed by atoms with E-state index in [2.05, 4.69) is 5.32 Å². The number of sulfonamides is 1. The van der Waals surface area contributed by atoms with E-state index in [1.807, 2.05) is 62.4 Å². The quantitative estimate of drug-likeness (QED) is 0.481. The fourth-order valence-corrected chi connectivity index (χ4v) is 5.75. The van der Waals surface area contributed by atoms with Crippen LogP contribution >= 0.6 is 11.6 Å². The lowest BCUT2D eigenvalue weighted by Crippen LogP contribution is -2.32. The van der Waals surface area contributed by atoms with Crippen LogP contribution in [0.3, 0.4) is 0 Å². The van der Waals surface area contributed by atoms with Crippen molar-refractivity contribution in [2.45, 2.75) is 31.5 Å². The highest BCUT2D eigenvalue weighted by Gasteiger charge is 2.36. The summed E-state index contributed by atoms with van der Waals surface area (Å²) < 4.78 is 27.0. The Morgan fingerprint density at radius 3 is 2.24 bits per heavy atom. The molecule has 172 valence electrons. The SMILES string of the molecule is CCN(CC)S(=O)(=O)c1ccc(N[C@H]2c3ccccc3C(=O)N2Cc2ccccc2Cl)cc1. The number of carbonyl (C=O) groups excluding carboxylic acids is 1. The minimum Gasteiger partial charge on any atom is -0.361 e. The van der Waals surface area contributed by atoms with E-state index in [1.54, 1.807) is 29.2 Å². The zero-order valence-corrected chi connectivity index (χ0v) is 20.1. The number of hydrogen-bond acceptors (Lipinski definition) is 4. The number of benzene rings is 3. The van der Waals surface area contributed by atoms with E-state index in [1.165, 1.54) is 4.31 Å². The van der Waals surface area contributed by atoms with Crippen molar-refractivity contribution in [2.24, 2.45) is 0 Å². The zero-order chi connectivity index (χ0) is 23.6. The van der Waals surface area contributed by atoms with E-state index in [0.717, 1.165) is 11.1 Å². The van der Waals surface area contributed by atoms with Gasteiger partial charge in [0, 0.05) is 41.5 Å². The first-order chi connectivity index (χ1) is 15.9. The number of hydrogen-bond donors (Lipinski definition) is 1. The highest BCUT2D eigenvalue weighted by atomic mass is 35.5. The molecule has 0 saturated carbocycles. The zero-order valence-electron chi connectivity index (χ0n) is 18.5. The third kappa shape index (κ3) is 4.49. The average molecular weight is 484 g/mol. The Morgan fingerprint density at radius 2 is 1.58 bits per heavy atom. The molecular weight excluding hydrogens is 458 g/mol. The minimum atomic E-state index is -3.53. The van der Waals surface area contributed by atoms with Crippen molar-refractivity contribution in [3.05, 3.63) is 94.5 Å². The van der Waals surface area contributed by atoms with E-state index in [9.17, 15) is 13.2 Å². The molecule has 0 saturated heterocycles. The maximum Gasteiger partial charge on any atom is 0.256 e. The molecule has 0 spiro atoms. The van der Waals surface area contributed by atoms with Crippen molar-refractivity contribution >= 4 is 33.2 Å². The van der Waals surface area contributed by atoms with Gasteiger partial charge in [0.2, 0.25) is 10.0 Å². The summed E-state index contributed by atoms with van der Waals surface area (Å²) in [5, 5.41) is 4.01. The molecule has 0 bridgehead atoms. The standard InChI is InChI=1S/C25H26ClN3O3S/c1-3-28(4-2)33(31,32)20-15-13-19(14-16-20)27-24-21-10-6-7-11-22(21)25(30)29(24)17-18-9-5-8-12-23(18)26/h5-16,24,27H,3-4,17H2,1-2H3/t24-/m1/s1. The summed E-state index contributed by atoms with van der Waals surface area (Å²) in [6.45, 7) is 4.81. The Labute approximate surface area is 199 Å². The molecule has 0 aliphatic carbocycles. The molecule has 0 radical (unpaired) electrons. The molecule has 0 unspecified atom stereocenters. The highest BCUT2D eigenvalue weighted by molar-refractivity contribution is 7.89. The second-order valence-corrected chi connectivity index (χ2v) is 10.1. The molecule has 1 aliphatic rings. The molecule has 1 atom stereocenters. The summed E-state index contributed by atoms with van der Waals surface area (Å²) in [6, 6.07) is 21.6. The lowest BCUT2D eigenvalue weighted by molar-refractivity contribution is 0.0729. The molecule has 1 amide bonds. The van der Waals surface area contributed by atoms with Gasteiger partial charge in [0.15, 0.2) is 0 Å². The van der Waals surface area contributed by atoms with Gasteiger partial charge in [-0.2, -0.15) is 4.31 Å². The van der Waals surface area contributed by atoms with E-state index in [0.29, 0.717) is 35.9 Å². The fraction of sp³-hybridized carbons (Fsp3) is 0.240. The van der Waals surface area contributed by atoms with E-state index in [-0.39, 0.29) is 10.8 Å². The van der Waals surface area contributed by atoms with Gasteiger partial charge in [0.25, 0.3) is 5.91 Å². The molecule has 3 aromatic carbocycles. The summed E-state index contributed by atoms with van der Waals surface area (Å²) in [7, 11) is -3.53. The Kier molecular flexibility index (Phi) is 6.74. The molecular formula is C25H26ClN3O3S. The fourth-order valence-electron chi connectivity index (χ4n) is 4.09. The van der Waals surface area contributed by atoms with Crippen LogP contribution in [0, 0.1) is 0 Å². The third-order valence-corrected chi connectivity index (χ3v) is 8.29. The number of rotatable bonds is 8. The maximum atomic E-state index is 13.2. The van der Waals surface area contributed by atoms with Crippen LogP contribution in [0.2, 0.25) is 5.02 Å². The highest BCUT2D eigenvalue weighted by Crippen LogP contribution is 2.36. The molecule has 3 aromatic rings. The summed E-state index contributed by atoms with van der Waals surface area (Å²) in [4.78, 5) is 15.2. The first-order valence-electron chi connectivity index (χ1n) is 10.9. The number of amides is 1. The van der Waals surface area contributed by atoms with Crippen LogP contribution < -0.4 is 5.32 Å². The molecule has 1 N–H and O–H groups in total. The van der Waals surface area contributed by atoms with E-state index in [4.69, 9.17) is 11.6 Å². The van der Waals surface area contributed by atoms with Crippen LogP contribution in [0.1, 0.15) is 41.5 Å². The maximum absolute atomic E-state index is 13.2. The normalized spacial score (nSPS) is 15.7. The van der Waals surface area contributed by atoms with Crippen molar-refractivity contribution in [3.8, 4) is 0 Å². The van der Waals surface area contributed by atoms with Gasteiger partial charge in [-0.15, -0.1) is 0 Å². The number of fused-ring (bicyclic) bond motifs is 1. The number of nitrogens with zero attached hydrogens (tertiary/aromatic N) is 2. The number of nitrogens with one attached hydrogen (secondary N) is 1. The molecule has 1 heterocycles. The van der Waals surface area contributed by atoms with Crippen LogP contribution in [0.15, 0.2) is 77.7 Å². The van der Waals surface area contributed by atoms with Gasteiger partial charge in [0.1, 0.15) is 6.17 Å². The first-order valence-corrected chi connectivity index (χ1v) is 12.7. The average Bonchev–Trinajstić information content (AvgIpc) is 3.07. The van der Waals surface area contributed by atoms with Gasteiger partial charge >= 0.3 is 0 Å². The van der Waals surface area contributed by atoms with E-state index < -0.39 is 16.2 Å². The molecule has 0 fully saturated rings. The van der Waals surface area contributed by atoms with E-state index >= 15 is 0 Å². The Morgan fingerprint density at radius 1 is 0.939 bits per heavy atom. The van der Waals surface area contributed by atoms with Crippen LogP contribution in [-0.4, -0.2) is 36.6 Å². The number of halogens is 1. The Balaban J connectivity index is 1.63. The molecule has 6 nitrogen and oxygen atoms in total. The van der Waals surface area contributed by atoms with Crippen LogP contribution in [-0.2, 0) is 16.6 Å². The molecule has 0 aromatic heterocycles. The molecule has 1 aliphatic heterocycles. The van der Waals surface area contributed by atoms with Gasteiger partial charge in [0.05, 0.1) is 4.90 Å². The lowest BCUT2D eigenvalue weighted by atomic mass is 10.1. The van der Waals surface area contributed by atoms with Gasteiger partial charge in [-0.25, -0.2) is 8.42 Å². The first kappa shape index (κ1) is 23.3. The molecule has 8 heteroatoms. The lowest BCUT2D eigenvalue weighted by Gasteiger charge is -2.27. The predicted molar refractivity (Wildman–Crippen MR) is 131 cm³/mol. The van der Waals surface area contributed by atoms with Gasteiger partial charge in [-0.05, 0) is 42.0 Å². The Bertz CT molecular complexity index is 1260. The summed E-state index contributed by atoms with van der Waals surface area (Å²) in [5.41, 5.74) is 3.08. The third-order valence-electron chi connectivity index (χ3n) is 5.86. The van der Waals surface area contributed by atoms with Gasteiger partial charge < -0.3 is 10.2 Å². The van der Waals surface area contributed by atoms with Crippen molar-refractivity contribution in [1.29, 1.82) is 0 Å². The van der Waals surface area contributed by atoms with Crippen molar-refractivity contribution < 1.29 is 13.2 Å². The molecule has 4 rings (SSSR count). The van der Waals surface area contributed by atoms with Crippen LogP contribution in [0.25, 0.3) is 0 Å². The molecule has 33 heavy (non-hydrogen) atoms. The predicted octanol–water partition coefficient (Wildman–Crippen LogP) is 5.14. The topological polar surface area (TPSA) is 69.7 Å². The monoisotopic (exact) mass is 483 g/mol.